The fraction of sp³-hybridized carbons (Fsp3) is 1.00. The molecule has 2 nitrogen and oxygen atoms in total. The molecule has 0 aromatic carbocycles. The van der Waals surface area contributed by atoms with Crippen LogP contribution in [0.25, 0.3) is 0 Å². The van der Waals surface area contributed by atoms with E-state index < -0.39 is 6.29 Å². The first kappa shape index (κ1) is 9.17. The van der Waals surface area contributed by atoms with Gasteiger partial charge in [-0.1, -0.05) is 20.8 Å². The second-order valence-corrected chi connectivity index (χ2v) is 6.17. The van der Waals surface area contributed by atoms with Gasteiger partial charge >= 0.3 is 0 Å². The lowest BCUT2D eigenvalue weighted by molar-refractivity contribution is -0.162. The lowest BCUT2D eigenvalue weighted by atomic mass is 9.70. The lowest BCUT2D eigenvalue weighted by Gasteiger charge is -2.38. The Labute approximate surface area is 85.6 Å². The zero-order valence-electron chi connectivity index (χ0n) is 9.25. The van der Waals surface area contributed by atoms with E-state index in [4.69, 9.17) is 4.74 Å². The van der Waals surface area contributed by atoms with E-state index in [1.165, 1.54) is 12.8 Å². The third-order valence-corrected chi connectivity index (χ3v) is 5.67. The molecule has 3 rings (SSSR count). The van der Waals surface area contributed by atoms with Gasteiger partial charge in [0.15, 0.2) is 6.29 Å². The van der Waals surface area contributed by atoms with Crippen LogP contribution in [0.2, 0.25) is 0 Å². The SMILES string of the molecule is CC1(C)C2CCC1(C)C1OC([O])CC21. The third-order valence-electron chi connectivity index (χ3n) is 5.67. The number of fused-ring (bicyclic) bond motifs is 5. The Hall–Kier alpha value is -0.0800. The highest BCUT2D eigenvalue weighted by Crippen LogP contribution is 2.70. The summed E-state index contributed by atoms with van der Waals surface area (Å²) >= 11 is 0. The van der Waals surface area contributed by atoms with Crippen LogP contribution in [0.4, 0.5) is 0 Å². The first-order chi connectivity index (χ1) is 6.47. The van der Waals surface area contributed by atoms with Crippen molar-refractivity contribution in [3.8, 4) is 0 Å². The highest BCUT2D eigenvalue weighted by molar-refractivity contribution is 5.16. The largest absolute Gasteiger partial charge is 0.345 e. The van der Waals surface area contributed by atoms with E-state index >= 15 is 0 Å². The standard InChI is InChI=1S/C12H19O2/c1-11(2)8-4-5-12(11,3)10-7(8)6-9(13)14-10/h7-10H,4-6H2,1-3H3. The topological polar surface area (TPSA) is 29.1 Å². The maximum atomic E-state index is 11.4. The Balaban J connectivity index is 2.02. The average molecular weight is 195 g/mol. The summed E-state index contributed by atoms with van der Waals surface area (Å²) in [5, 5.41) is 11.4. The van der Waals surface area contributed by atoms with Crippen molar-refractivity contribution >= 4 is 0 Å². The van der Waals surface area contributed by atoms with E-state index in [9.17, 15) is 5.11 Å². The van der Waals surface area contributed by atoms with Gasteiger partial charge in [0.25, 0.3) is 0 Å². The molecule has 1 saturated heterocycles. The Morgan fingerprint density at radius 3 is 2.64 bits per heavy atom. The summed E-state index contributed by atoms with van der Waals surface area (Å²) in [6, 6.07) is 0. The summed E-state index contributed by atoms with van der Waals surface area (Å²) in [4.78, 5) is 0. The van der Waals surface area contributed by atoms with Crippen LogP contribution in [0.1, 0.15) is 40.0 Å². The predicted octanol–water partition coefficient (Wildman–Crippen LogP) is 2.60. The zero-order chi connectivity index (χ0) is 10.1. The summed E-state index contributed by atoms with van der Waals surface area (Å²) in [7, 11) is 0. The van der Waals surface area contributed by atoms with Crippen LogP contribution in [0, 0.1) is 22.7 Å². The number of ether oxygens (including phenoxy) is 1. The quantitative estimate of drug-likeness (QED) is 0.584. The molecule has 0 N–H and O–H groups in total. The molecular weight excluding hydrogens is 176 g/mol. The molecule has 1 aliphatic heterocycles. The first-order valence-corrected chi connectivity index (χ1v) is 5.78. The molecule has 1 heterocycles. The van der Waals surface area contributed by atoms with Crippen molar-refractivity contribution in [1.29, 1.82) is 0 Å². The molecule has 0 amide bonds. The fourth-order valence-electron chi connectivity index (χ4n) is 4.48. The first-order valence-electron chi connectivity index (χ1n) is 5.78. The molecule has 2 heteroatoms. The number of hydrogen-bond acceptors (Lipinski definition) is 1. The van der Waals surface area contributed by atoms with E-state index in [1.807, 2.05) is 0 Å². The second-order valence-electron chi connectivity index (χ2n) is 6.17. The molecule has 1 radical (unpaired) electrons. The van der Waals surface area contributed by atoms with Crippen molar-refractivity contribution in [3.05, 3.63) is 0 Å². The van der Waals surface area contributed by atoms with Gasteiger partial charge in [0.2, 0.25) is 0 Å². The van der Waals surface area contributed by atoms with Crippen molar-refractivity contribution in [2.75, 3.05) is 0 Å². The molecule has 5 atom stereocenters. The fourth-order valence-corrected chi connectivity index (χ4v) is 4.48. The normalized spacial score (nSPS) is 59.1. The monoisotopic (exact) mass is 195 g/mol. The molecule has 5 unspecified atom stereocenters. The van der Waals surface area contributed by atoms with Gasteiger partial charge in [0.1, 0.15) is 0 Å². The third kappa shape index (κ3) is 0.772. The average Bonchev–Trinajstić information content (AvgIpc) is 2.59. The molecule has 2 saturated carbocycles. The van der Waals surface area contributed by atoms with Crippen LogP contribution >= 0.6 is 0 Å². The number of rotatable bonds is 0. The zero-order valence-corrected chi connectivity index (χ0v) is 9.25. The van der Waals surface area contributed by atoms with Crippen molar-refractivity contribution in [1.82, 2.24) is 0 Å². The van der Waals surface area contributed by atoms with Gasteiger partial charge in [-0.15, -0.1) is 0 Å². The summed E-state index contributed by atoms with van der Waals surface area (Å²) in [5.74, 6) is 1.29. The maximum Gasteiger partial charge on any atom is 0.192 e. The van der Waals surface area contributed by atoms with Crippen LogP contribution in [0.15, 0.2) is 0 Å². The van der Waals surface area contributed by atoms with Crippen LogP contribution in [-0.4, -0.2) is 12.4 Å². The van der Waals surface area contributed by atoms with Gasteiger partial charge in [0.05, 0.1) is 6.10 Å². The summed E-state index contributed by atoms with van der Waals surface area (Å²) in [6.45, 7) is 7.06. The van der Waals surface area contributed by atoms with Crippen LogP contribution in [-0.2, 0) is 9.84 Å². The van der Waals surface area contributed by atoms with Crippen molar-refractivity contribution < 1.29 is 9.84 Å². The molecule has 2 bridgehead atoms. The molecule has 14 heavy (non-hydrogen) atoms. The Bertz CT molecular complexity index is 273. The predicted molar refractivity (Wildman–Crippen MR) is 52.1 cm³/mol. The molecule has 0 aromatic heterocycles. The minimum atomic E-state index is -0.735. The summed E-state index contributed by atoms with van der Waals surface area (Å²) in [5.41, 5.74) is 0.643. The molecule has 3 fully saturated rings. The maximum absolute atomic E-state index is 11.4. The molecule has 0 spiro atoms. The summed E-state index contributed by atoms with van der Waals surface area (Å²) in [6.07, 6.45) is 2.84. The molecule has 79 valence electrons. The highest BCUT2D eigenvalue weighted by Gasteiger charge is 2.69. The summed E-state index contributed by atoms with van der Waals surface area (Å²) < 4.78 is 5.60. The van der Waals surface area contributed by atoms with E-state index in [2.05, 4.69) is 20.8 Å². The molecule has 0 aromatic rings. The van der Waals surface area contributed by atoms with Crippen molar-refractivity contribution in [2.24, 2.45) is 22.7 Å². The van der Waals surface area contributed by atoms with Crippen molar-refractivity contribution in [2.45, 2.75) is 52.4 Å². The minimum Gasteiger partial charge on any atom is -0.345 e. The van der Waals surface area contributed by atoms with Gasteiger partial charge in [-0.3, -0.25) is 0 Å². The Morgan fingerprint density at radius 2 is 2.00 bits per heavy atom. The van der Waals surface area contributed by atoms with Crippen LogP contribution in [0.5, 0.6) is 0 Å². The molecule has 2 aliphatic carbocycles. The molecule has 3 aliphatic rings. The van der Waals surface area contributed by atoms with E-state index in [-0.39, 0.29) is 11.5 Å². The smallest absolute Gasteiger partial charge is 0.192 e. The Kier molecular flexibility index (Phi) is 1.54. The second kappa shape index (κ2) is 2.35. The van der Waals surface area contributed by atoms with E-state index in [0.717, 1.165) is 12.3 Å². The minimum absolute atomic E-state index is 0.263. The van der Waals surface area contributed by atoms with E-state index in [0.29, 0.717) is 11.3 Å². The molecular formula is C12H19O2. The van der Waals surface area contributed by atoms with Gasteiger partial charge < -0.3 is 4.74 Å². The van der Waals surface area contributed by atoms with Gasteiger partial charge in [-0.25, -0.2) is 5.11 Å². The Morgan fingerprint density at radius 1 is 1.29 bits per heavy atom. The number of hydrogen-bond donors (Lipinski definition) is 0. The van der Waals surface area contributed by atoms with Crippen molar-refractivity contribution in [3.63, 3.8) is 0 Å². The van der Waals surface area contributed by atoms with Crippen LogP contribution < -0.4 is 0 Å². The van der Waals surface area contributed by atoms with Gasteiger partial charge in [-0.2, -0.15) is 0 Å². The van der Waals surface area contributed by atoms with Gasteiger partial charge in [0, 0.05) is 6.42 Å². The lowest BCUT2D eigenvalue weighted by Crippen LogP contribution is -2.37. The van der Waals surface area contributed by atoms with E-state index in [1.54, 1.807) is 0 Å². The van der Waals surface area contributed by atoms with Gasteiger partial charge in [-0.05, 0) is 35.5 Å². The highest BCUT2D eigenvalue weighted by atomic mass is 16.6. The van der Waals surface area contributed by atoms with Crippen LogP contribution in [0.3, 0.4) is 0 Å².